The Morgan fingerprint density at radius 2 is 1.63 bits per heavy atom. The highest BCUT2D eigenvalue weighted by atomic mass is 16.5. The Morgan fingerprint density at radius 1 is 0.951 bits per heavy atom. The van der Waals surface area contributed by atoms with Gasteiger partial charge in [-0.05, 0) is 47.7 Å². The van der Waals surface area contributed by atoms with Gasteiger partial charge in [-0.3, -0.25) is 9.69 Å². The second-order valence-corrected chi connectivity index (χ2v) is 10.3. The number of anilines is 2. The van der Waals surface area contributed by atoms with Crippen molar-refractivity contribution in [1.82, 2.24) is 0 Å². The number of carbonyl (C=O) groups excluding carboxylic acids is 2. The number of ether oxygens (including phenoxy) is 2. The summed E-state index contributed by atoms with van der Waals surface area (Å²) in [6, 6.07) is 28.4. The smallest absolute Gasteiger partial charge is 0.333 e. The number of rotatable bonds is 10. The molecule has 0 spiro atoms. The van der Waals surface area contributed by atoms with Crippen LogP contribution in [0, 0.1) is 5.92 Å². The summed E-state index contributed by atoms with van der Waals surface area (Å²) in [7, 11) is 1.59. The number of esters is 1. The molecule has 0 saturated heterocycles. The Hall–Kier alpha value is -4.78. The maximum Gasteiger partial charge on any atom is 0.333 e. The SMILES string of the molecule is C=C(CC1(N=Nc2ccc(OC)cc2)C(=O)N(c2cccc3ccccc23)c2ccccc21)C(=O)OCC(C)CC. The fourth-order valence-corrected chi connectivity index (χ4v) is 4.98. The van der Waals surface area contributed by atoms with Crippen molar-refractivity contribution in [3.05, 3.63) is 109 Å². The van der Waals surface area contributed by atoms with Crippen LogP contribution in [-0.2, 0) is 19.9 Å². The van der Waals surface area contributed by atoms with Crippen LogP contribution in [0.4, 0.5) is 17.1 Å². The van der Waals surface area contributed by atoms with E-state index in [1.807, 2.05) is 80.6 Å². The highest BCUT2D eigenvalue weighted by molar-refractivity contribution is 6.17. The zero-order chi connectivity index (χ0) is 29.0. The monoisotopic (exact) mass is 547 g/mol. The summed E-state index contributed by atoms with van der Waals surface area (Å²) in [5, 5.41) is 11.2. The second kappa shape index (κ2) is 11.8. The quantitative estimate of drug-likeness (QED) is 0.114. The molecular formula is C34H33N3O4. The molecule has 4 aromatic rings. The molecule has 4 aromatic carbocycles. The minimum atomic E-state index is -1.53. The lowest BCUT2D eigenvalue weighted by atomic mass is 9.86. The molecule has 1 aliphatic rings. The average Bonchev–Trinajstić information content (AvgIpc) is 3.25. The molecule has 0 bridgehead atoms. The van der Waals surface area contributed by atoms with E-state index in [9.17, 15) is 9.59 Å². The molecular weight excluding hydrogens is 514 g/mol. The molecule has 0 aromatic heterocycles. The van der Waals surface area contributed by atoms with Crippen LogP contribution in [0.1, 0.15) is 32.3 Å². The number of nitrogens with zero attached hydrogens (tertiary/aromatic N) is 3. The molecule has 2 unspecified atom stereocenters. The number of carbonyl (C=O) groups is 2. The predicted octanol–water partition coefficient (Wildman–Crippen LogP) is 8.04. The van der Waals surface area contributed by atoms with Gasteiger partial charge in [-0.1, -0.05) is 81.4 Å². The molecule has 0 fully saturated rings. The van der Waals surface area contributed by atoms with E-state index in [0.717, 1.165) is 22.9 Å². The maximum atomic E-state index is 14.7. The van der Waals surface area contributed by atoms with E-state index in [2.05, 4.69) is 11.7 Å². The molecule has 7 nitrogen and oxygen atoms in total. The minimum Gasteiger partial charge on any atom is -0.497 e. The summed E-state index contributed by atoms with van der Waals surface area (Å²) in [6.45, 7) is 8.37. The zero-order valence-electron chi connectivity index (χ0n) is 23.5. The Morgan fingerprint density at radius 3 is 2.39 bits per heavy atom. The fraction of sp³-hybridized carbons (Fsp3) is 0.235. The van der Waals surface area contributed by atoms with Crippen LogP contribution in [0.5, 0.6) is 5.75 Å². The first-order valence-corrected chi connectivity index (χ1v) is 13.7. The van der Waals surface area contributed by atoms with Gasteiger partial charge in [0.1, 0.15) is 5.75 Å². The van der Waals surface area contributed by atoms with E-state index in [1.165, 1.54) is 0 Å². The number of hydrogen-bond acceptors (Lipinski definition) is 6. The molecule has 7 heteroatoms. The number of fused-ring (bicyclic) bond motifs is 2. The van der Waals surface area contributed by atoms with Gasteiger partial charge in [-0.2, -0.15) is 10.2 Å². The van der Waals surface area contributed by atoms with Gasteiger partial charge in [0.15, 0.2) is 5.54 Å². The third kappa shape index (κ3) is 5.35. The average molecular weight is 548 g/mol. The van der Waals surface area contributed by atoms with Crippen LogP contribution < -0.4 is 9.64 Å². The Labute approximate surface area is 240 Å². The van der Waals surface area contributed by atoms with Crippen molar-refractivity contribution in [2.45, 2.75) is 32.2 Å². The maximum absolute atomic E-state index is 14.7. The van der Waals surface area contributed by atoms with Gasteiger partial charge in [-0.15, -0.1) is 0 Å². The summed E-state index contributed by atoms with van der Waals surface area (Å²) in [5.74, 6) is 0.0353. The van der Waals surface area contributed by atoms with Crippen molar-refractivity contribution in [3.8, 4) is 5.75 Å². The third-order valence-electron chi connectivity index (χ3n) is 7.52. The summed E-state index contributed by atoms with van der Waals surface area (Å²) < 4.78 is 10.8. The van der Waals surface area contributed by atoms with Crippen molar-refractivity contribution < 1.29 is 19.1 Å². The van der Waals surface area contributed by atoms with Crippen LogP contribution >= 0.6 is 0 Å². The number of amides is 1. The summed E-state index contributed by atoms with van der Waals surface area (Å²) in [5.41, 5.74) is 1.23. The van der Waals surface area contributed by atoms with Crippen molar-refractivity contribution in [1.29, 1.82) is 0 Å². The van der Waals surface area contributed by atoms with Gasteiger partial charge in [0.05, 0.1) is 30.8 Å². The van der Waals surface area contributed by atoms with E-state index in [-0.39, 0.29) is 30.4 Å². The van der Waals surface area contributed by atoms with E-state index >= 15 is 0 Å². The van der Waals surface area contributed by atoms with Crippen LogP contribution in [-0.4, -0.2) is 25.6 Å². The molecule has 1 heterocycles. The Balaban J connectivity index is 1.62. The first-order valence-electron chi connectivity index (χ1n) is 13.7. The minimum absolute atomic E-state index is 0.0803. The van der Waals surface area contributed by atoms with E-state index in [4.69, 9.17) is 14.6 Å². The predicted molar refractivity (Wildman–Crippen MR) is 161 cm³/mol. The van der Waals surface area contributed by atoms with E-state index < -0.39 is 11.5 Å². The largest absolute Gasteiger partial charge is 0.497 e. The first kappa shape index (κ1) is 27.8. The molecule has 0 saturated carbocycles. The highest BCUT2D eigenvalue weighted by Gasteiger charge is 2.53. The van der Waals surface area contributed by atoms with Crippen molar-refractivity contribution >= 4 is 39.7 Å². The lowest BCUT2D eigenvalue weighted by Crippen LogP contribution is -2.38. The lowest BCUT2D eigenvalue weighted by molar-refractivity contribution is -0.140. The number of benzene rings is 4. The summed E-state index contributed by atoms with van der Waals surface area (Å²) in [6.07, 6.45) is 0.800. The molecule has 208 valence electrons. The van der Waals surface area contributed by atoms with Crippen molar-refractivity contribution in [2.75, 3.05) is 18.6 Å². The fourth-order valence-electron chi connectivity index (χ4n) is 4.98. The lowest BCUT2D eigenvalue weighted by Gasteiger charge is -2.25. The van der Waals surface area contributed by atoms with Gasteiger partial charge in [-0.25, -0.2) is 4.79 Å². The summed E-state index contributed by atoms with van der Waals surface area (Å²) in [4.78, 5) is 29.4. The van der Waals surface area contributed by atoms with Gasteiger partial charge in [0, 0.05) is 22.9 Å². The molecule has 1 aliphatic heterocycles. The van der Waals surface area contributed by atoms with Gasteiger partial charge >= 0.3 is 5.97 Å². The van der Waals surface area contributed by atoms with Crippen LogP contribution in [0.25, 0.3) is 10.8 Å². The Bertz CT molecular complexity index is 1620. The number of methoxy groups -OCH3 is 1. The molecule has 5 rings (SSSR count). The number of para-hydroxylation sites is 1. The van der Waals surface area contributed by atoms with Crippen LogP contribution in [0.2, 0.25) is 0 Å². The van der Waals surface area contributed by atoms with Gasteiger partial charge in [0.2, 0.25) is 0 Å². The standard InChI is InChI=1S/C34H33N3O4/c1-5-23(2)22-41-32(38)24(3)21-34(36-35-26-17-19-27(40-4)20-18-26)29-14-8-9-15-31(29)37(33(34)39)30-16-10-12-25-11-6-7-13-28(25)30/h6-20,23H,3,5,21-22H2,1-2,4H3. The summed E-state index contributed by atoms with van der Waals surface area (Å²) >= 11 is 0. The van der Waals surface area contributed by atoms with E-state index in [0.29, 0.717) is 22.7 Å². The van der Waals surface area contributed by atoms with Crippen LogP contribution in [0.3, 0.4) is 0 Å². The zero-order valence-corrected chi connectivity index (χ0v) is 23.5. The van der Waals surface area contributed by atoms with Crippen LogP contribution in [0.15, 0.2) is 113 Å². The molecule has 41 heavy (non-hydrogen) atoms. The molecule has 0 aliphatic carbocycles. The van der Waals surface area contributed by atoms with Crippen molar-refractivity contribution in [3.63, 3.8) is 0 Å². The first-order chi connectivity index (χ1) is 19.9. The Kier molecular flexibility index (Phi) is 7.97. The topological polar surface area (TPSA) is 80.6 Å². The second-order valence-electron chi connectivity index (χ2n) is 10.3. The van der Waals surface area contributed by atoms with Crippen molar-refractivity contribution in [2.24, 2.45) is 16.1 Å². The third-order valence-corrected chi connectivity index (χ3v) is 7.52. The number of azo groups is 1. The normalized spacial score (nSPS) is 17.0. The molecule has 0 N–H and O–H groups in total. The van der Waals surface area contributed by atoms with E-state index in [1.54, 1.807) is 36.3 Å². The number of hydrogen-bond donors (Lipinski definition) is 0. The van der Waals surface area contributed by atoms with Gasteiger partial charge in [0.25, 0.3) is 5.91 Å². The van der Waals surface area contributed by atoms with Gasteiger partial charge < -0.3 is 9.47 Å². The molecule has 0 radical (unpaired) electrons. The molecule has 2 atom stereocenters. The highest BCUT2D eigenvalue weighted by Crippen LogP contribution is 2.51. The molecule has 1 amide bonds.